The lowest BCUT2D eigenvalue weighted by Gasteiger charge is -2.36. The van der Waals surface area contributed by atoms with Crippen molar-refractivity contribution in [3.8, 4) is 0 Å². The molecule has 0 unspecified atom stereocenters. The Morgan fingerprint density at radius 2 is 1.93 bits per heavy atom. The maximum Gasteiger partial charge on any atom is 0.159 e. The van der Waals surface area contributed by atoms with Crippen LogP contribution in [0.3, 0.4) is 0 Å². The zero-order valence-corrected chi connectivity index (χ0v) is 16.8. The van der Waals surface area contributed by atoms with Gasteiger partial charge in [-0.1, -0.05) is 13.0 Å². The number of nitrogens with one attached hydrogen (secondary N) is 1. The average molecular weight is 377 g/mol. The van der Waals surface area contributed by atoms with Gasteiger partial charge < -0.3 is 15.1 Å². The number of hydrogen-bond acceptors (Lipinski definition) is 6. The van der Waals surface area contributed by atoms with E-state index in [1.165, 1.54) is 16.9 Å². The molecule has 7 nitrogen and oxygen atoms in total. The van der Waals surface area contributed by atoms with Crippen molar-refractivity contribution in [1.29, 1.82) is 0 Å². The zero-order valence-electron chi connectivity index (χ0n) is 16.8. The summed E-state index contributed by atoms with van der Waals surface area (Å²) in [5.74, 6) is 1.50. The summed E-state index contributed by atoms with van der Waals surface area (Å²) in [6.07, 6.45) is 1.93. The summed E-state index contributed by atoms with van der Waals surface area (Å²) in [5.41, 5.74) is 5.77. The van der Waals surface area contributed by atoms with Gasteiger partial charge in [-0.25, -0.2) is 9.97 Å². The third kappa shape index (κ3) is 2.90. The van der Waals surface area contributed by atoms with Gasteiger partial charge in [0.05, 0.1) is 23.0 Å². The average Bonchev–Trinajstić information content (AvgIpc) is 3.08. The third-order valence-electron chi connectivity index (χ3n) is 5.91. The first-order chi connectivity index (χ1) is 13.6. The number of piperazine rings is 1. The third-order valence-corrected chi connectivity index (χ3v) is 5.91. The molecule has 2 aliphatic heterocycles. The largest absolute Gasteiger partial charge is 0.366 e. The van der Waals surface area contributed by atoms with Crippen LogP contribution < -0.4 is 15.1 Å². The van der Waals surface area contributed by atoms with Gasteiger partial charge in [0.25, 0.3) is 0 Å². The van der Waals surface area contributed by atoms with E-state index in [-0.39, 0.29) is 0 Å². The highest BCUT2D eigenvalue weighted by Crippen LogP contribution is 2.35. The summed E-state index contributed by atoms with van der Waals surface area (Å²) in [7, 11) is 1.95. The van der Waals surface area contributed by atoms with Crippen molar-refractivity contribution in [2.75, 3.05) is 42.5 Å². The number of anilines is 2. The Bertz CT molecular complexity index is 1020. The standard InChI is InChI=1S/C21H27N7/c1-14-12-28(18-10-15(2)24-21-17(18)11-23-26(21)3)13-16-4-5-19(25-20(14)16)27-8-6-22-7-9-27/h4-5,10-11,14,22H,6-9,12-13H2,1-3H3/t14-/m0/s1. The molecule has 0 aliphatic carbocycles. The van der Waals surface area contributed by atoms with Gasteiger partial charge in [-0.3, -0.25) is 4.68 Å². The van der Waals surface area contributed by atoms with Gasteiger partial charge in [0, 0.05) is 57.9 Å². The quantitative estimate of drug-likeness (QED) is 0.739. The molecule has 5 heterocycles. The molecule has 0 saturated carbocycles. The first kappa shape index (κ1) is 17.4. The van der Waals surface area contributed by atoms with Gasteiger partial charge in [0.15, 0.2) is 5.65 Å². The minimum atomic E-state index is 0.381. The fraction of sp³-hybridized carbons (Fsp3) is 0.476. The Balaban J connectivity index is 1.49. The Kier molecular flexibility index (Phi) is 4.19. The molecule has 1 atom stereocenters. The van der Waals surface area contributed by atoms with Gasteiger partial charge in [-0.05, 0) is 24.6 Å². The molecule has 1 fully saturated rings. The van der Waals surface area contributed by atoms with Crippen LogP contribution in [0.4, 0.5) is 11.5 Å². The number of hydrogen-bond donors (Lipinski definition) is 1. The maximum atomic E-state index is 5.07. The summed E-state index contributed by atoms with van der Waals surface area (Å²) in [5, 5.41) is 8.96. The molecule has 0 bridgehead atoms. The van der Waals surface area contributed by atoms with E-state index in [1.807, 2.05) is 17.9 Å². The molecule has 28 heavy (non-hydrogen) atoms. The van der Waals surface area contributed by atoms with Crippen molar-refractivity contribution in [1.82, 2.24) is 25.1 Å². The SMILES string of the molecule is Cc1cc(N2Cc3ccc(N4CCNCC4)nc3[C@@H](C)C2)c2cnn(C)c2n1. The smallest absolute Gasteiger partial charge is 0.159 e. The zero-order chi connectivity index (χ0) is 19.3. The van der Waals surface area contributed by atoms with Crippen molar-refractivity contribution >= 4 is 22.5 Å². The van der Waals surface area contributed by atoms with E-state index in [4.69, 9.17) is 4.98 Å². The van der Waals surface area contributed by atoms with E-state index in [2.05, 4.69) is 57.2 Å². The number of nitrogens with zero attached hydrogens (tertiary/aromatic N) is 6. The van der Waals surface area contributed by atoms with Crippen LogP contribution in [-0.4, -0.2) is 52.5 Å². The Morgan fingerprint density at radius 1 is 1.11 bits per heavy atom. The monoisotopic (exact) mass is 377 g/mol. The van der Waals surface area contributed by atoms with Crippen LogP contribution >= 0.6 is 0 Å². The van der Waals surface area contributed by atoms with E-state index in [9.17, 15) is 0 Å². The Labute approximate surface area is 165 Å². The molecule has 0 radical (unpaired) electrons. The highest BCUT2D eigenvalue weighted by Gasteiger charge is 2.27. The summed E-state index contributed by atoms with van der Waals surface area (Å²) >= 11 is 0. The fourth-order valence-electron chi connectivity index (χ4n) is 4.48. The molecule has 5 rings (SSSR count). The van der Waals surface area contributed by atoms with Crippen molar-refractivity contribution in [3.05, 3.63) is 41.3 Å². The molecular weight excluding hydrogens is 350 g/mol. The van der Waals surface area contributed by atoms with Crippen LogP contribution in [0.2, 0.25) is 0 Å². The van der Waals surface area contributed by atoms with Gasteiger partial charge in [0.1, 0.15) is 5.82 Å². The van der Waals surface area contributed by atoms with E-state index in [1.54, 1.807) is 0 Å². The second-order valence-corrected chi connectivity index (χ2v) is 8.02. The molecule has 1 saturated heterocycles. The summed E-state index contributed by atoms with van der Waals surface area (Å²) in [6.45, 7) is 10.3. The molecule has 1 N–H and O–H groups in total. The number of aryl methyl sites for hydroxylation is 2. The van der Waals surface area contributed by atoms with Crippen LogP contribution in [0.5, 0.6) is 0 Å². The molecule has 2 aliphatic rings. The van der Waals surface area contributed by atoms with Gasteiger partial charge >= 0.3 is 0 Å². The van der Waals surface area contributed by atoms with Crippen molar-refractivity contribution < 1.29 is 0 Å². The fourth-order valence-corrected chi connectivity index (χ4v) is 4.48. The lowest BCUT2D eigenvalue weighted by atomic mass is 9.95. The van der Waals surface area contributed by atoms with Gasteiger partial charge in [-0.15, -0.1) is 0 Å². The van der Waals surface area contributed by atoms with Crippen molar-refractivity contribution in [3.63, 3.8) is 0 Å². The van der Waals surface area contributed by atoms with E-state index in [0.29, 0.717) is 5.92 Å². The summed E-state index contributed by atoms with van der Waals surface area (Å²) < 4.78 is 1.86. The summed E-state index contributed by atoms with van der Waals surface area (Å²) in [4.78, 5) is 14.6. The lowest BCUT2D eigenvalue weighted by molar-refractivity contribution is 0.578. The number of aromatic nitrogens is 4. The summed E-state index contributed by atoms with van der Waals surface area (Å²) in [6, 6.07) is 6.65. The van der Waals surface area contributed by atoms with Crippen LogP contribution in [-0.2, 0) is 13.6 Å². The van der Waals surface area contributed by atoms with Gasteiger partial charge in [-0.2, -0.15) is 5.10 Å². The minimum Gasteiger partial charge on any atom is -0.366 e. The van der Waals surface area contributed by atoms with Crippen molar-refractivity contribution in [2.45, 2.75) is 26.3 Å². The molecule has 0 spiro atoms. The number of rotatable bonds is 2. The molecular formula is C21H27N7. The lowest BCUT2D eigenvalue weighted by Crippen LogP contribution is -2.44. The van der Waals surface area contributed by atoms with Gasteiger partial charge in [0.2, 0.25) is 0 Å². The number of pyridine rings is 2. The van der Waals surface area contributed by atoms with Crippen LogP contribution in [0.1, 0.15) is 29.8 Å². The first-order valence-corrected chi connectivity index (χ1v) is 10.1. The predicted molar refractivity (Wildman–Crippen MR) is 112 cm³/mol. The highest BCUT2D eigenvalue weighted by molar-refractivity contribution is 5.89. The second kappa shape index (κ2) is 6.74. The van der Waals surface area contributed by atoms with Crippen LogP contribution in [0, 0.1) is 6.92 Å². The molecule has 146 valence electrons. The first-order valence-electron chi connectivity index (χ1n) is 10.1. The second-order valence-electron chi connectivity index (χ2n) is 8.02. The van der Waals surface area contributed by atoms with Crippen LogP contribution in [0.25, 0.3) is 11.0 Å². The van der Waals surface area contributed by atoms with E-state index in [0.717, 1.165) is 61.8 Å². The molecule has 0 amide bonds. The van der Waals surface area contributed by atoms with E-state index >= 15 is 0 Å². The Morgan fingerprint density at radius 3 is 2.75 bits per heavy atom. The predicted octanol–water partition coefficient (Wildman–Crippen LogP) is 2.21. The van der Waals surface area contributed by atoms with Crippen molar-refractivity contribution in [2.24, 2.45) is 7.05 Å². The molecule has 3 aromatic rings. The highest BCUT2D eigenvalue weighted by atomic mass is 15.3. The molecule has 0 aromatic carbocycles. The molecule has 3 aromatic heterocycles. The number of fused-ring (bicyclic) bond motifs is 2. The Hall–Kier alpha value is -2.67. The molecule has 7 heteroatoms. The van der Waals surface area contributed by atoms with Crippen LogP contribution in [0.15, 0.2) is 24.4 Å². The van der Waals surface area contributed by atoms with E-state index < -0.39 is 0 Å². The topological polar surface area (TPSA) is 62.1 Å². The maximum absolute atomic E-state index is 5.07. The normalized spacial score (nSPS) is 19.9. The minimum absolute atomic E-state index is 0.381.